The van der Waals surface area contributed by atoms with Gasteiger partial charge < -0.3 is 25.0 Å². The molecule has 38 heavy (non-hydrogen) atoms. The summed E-state index contributed by atoms with van der Waals surface area (Å²) in [5.74, 6) is -1.46. The average Bonchev–Trinajstić information content (AvgIpc) is 2.79. The molecule has 0 radical (unpaired) electrons. The minimum Gasteiger partial charge on any atom is -0.466 e. The van der Waals surface area contributed by atoms with Gasteiger partial charge in [0.25, 0.3) is 0 Å². The van der Waals surface area contributed by atoms with Crippen molar-refractivity contribution in [2.75, 3.05) is 13.2 Å². The molecule has 0 heterocycles. The second-order valence-electron chi connectivity index (χ2n) is 10.9. The van der Waals surface area contributed by atoms with E-state index >= 15 is 0 Å². The van der Waals surface area contributed by atoms with Crippen LogP contribution >= 0.6 is 0 Å². The van der Waals surface area contributed by atoms with Crippen LogP contribution in [-0.4, -0.2) is 59.6 Å². The van der Waals surface area contributed by atoms with Crippen LogP contribution in [-0.2, 0) is 23.9 Å². The zero-order chi connectivity index (χ0) is 29.2. The van der Waals surface area contributed by atoms with E-state index in [0.29, 0.717) is 6.42 Å². The van der Waals surface area contributed by atoms with Gasteiger partial charge in [0.2, 0.25) is 11.8 Å². The number of benzene rings is 1. The lowest BCUT2D eigenvalue weighted by molar-refractivity contribution is -0.146. The summed E-state index contributed by atoms with van der Waals surface area (Å²) in [6.45, 7) is 18.6. The normalized spacial score (nSPS) is 13.8. The standard InChI is InChI=1S/C29H47N3O6/c1-11-21(7)32(27(35)24(18(3)4)31-28(36)38-29(8,9)10)25(23-19(5)14-13-15-20(23)6)26(34)30-17-16-22(33)37-12-2/h13-15,18,21,24-25H,11-12,16-17H2,1-10H3,(H,30,34)(H,31,36). The van der Waals surface area contributed by atoms with Gasteiger partial charge in [-0.2, -0.15) is 0 Å². The Kier molecular flexibility index (Phi) is 12.8. The highest BCUT2D eigenvalue weighted by atomic mass is 16.6. The number of nitrogens with one attached hydrogen (secondary N) is 2. The Bertz CT molecular complexity index is 949. The lowest BCUT2D eigenvalue weighted by Gasteiger charge is -2.40. The maximum atomic E-state index is 14.2. The number of nitrogens with zero attached hydrogens (tertiary/aromatic N) is 1. The third-order valence-electron chi connectivity index (χ3n) is 6.20. The maximum absolute atomic E-state index is 14.2. The van der Waals surface area contributed by atoms with E-state index in [9.17, 15) is 19.2 Å². The maximum Gasteiger partial charge on any atom is 0.408 e. The van der Waals surface area contributed by atoms with Gasteiger partial charge in [0.05, 0.1) is 13.0 Å². The molecule has 0 saturated carbocycles. The molecule has 1 aromatic carbocycles. The molecule has 0 saturated heterocycles. The lowest BCUT2D eigenvalue weighted by atomic mass is 9.91. The molecule has 1 aromatic rings. The van der Waals surface area contributed by atoms with Gasteiger partial charge >= 0.3 is 12.1 Å². The van der Waals surface area contributed by atoms with Gasteiger partial charge in [-0.25, -0.2) is 4.79 Å². The molecule has 0 aliphatic rings. The Hall–Kier alpha value is -3.10. The number of carbonyl (C=O) groups excluding carboxylic acids is 4. The largest absolute Gasteiger partial charge is 0.466 e. The molecule has 9 heteroatoms. The first-order valence-electron chi connectivity index (χ1n) is 13.5. The van der Waals surface area contributed by atoms with E-state index in [1.54, 1.807) is 32.6 Å². The zero-order valence-corrected chi connectivity index (χ0v) is 24.8. The highest BCUT2D eigenvalue weighted by Crippen LogP contribution is 2.31. The molecule has 1 rings (SSSR count). The predicted octanol–water partition coefficient (Wildman–Crippen LogP) is 4.59. The summed E-state index contributed by atoms with van der Waals surface area (Å²) in [7, 11) is 0. The van der Waals surface area contributed by atoms with Gasteiger partial charge in [-0.05, 0) is 77.5 Å². The van der Waals surface area contributed by atoms with Crippen LogP contribution in [0.2, 0.25) is 0 Å². The van der Waals surface area contributed by atoms with Crippen LogP contribution in [0.4, 0.5) is 4.79 Å². The van der Waals surface area contributed by atoms with E-state index in [1.807, 2.05) is 59.7 Å². The van der Waals surface area contributed by atoms with Crippen molar-refractivity contribution in [1.29, 1.82) is 0 Å². The molecule has 3 atom stereocenters. The number of amides is 3. The van der Waals surface area contributed by atoms with Gasteiger partial charge in [-0.15, -0.1) is 0 Å². The fraction of sp³-hybridized carbons (Fsp3) is 0.655. The number of carbonyl (C=O) groups is 4. The Morgan fingerprint density at radius 2 is 1.58 bits per heavy atom. The van der Waals surface area contributed by atoms with E-state index in [4.69, 9.17) is 9.47 Å². The van der Waals surface area contributed by atoms with Crippen LogP contribution in [0.5, 0.6) is 0 Å². The van der Waals surface area contributed by atoms with Crippen molar-refractivity contribution in [1.82, 2.24) is 15.5 Å². The fourth-order valence-electron chi connectivity index (χ4n) is 4.18. The fourth-order valence-corrected chi connectivity index (χ4v) is 4.18. The number of ether oxygens (including phenoxy) is 2. The molecule has 214 valence electrons. The van der Waals surface area contributed by atoms with Crippen molar-refractivity contribution in [2.24, 2.45) is 5.92 Å². The zero-order valence-electron chi connectivity index (χ0n) is 24.8. The highest BCUT2D eigenvalue weighted by molar-refractivity contribution is 5.93. The molecular weight excluding hydrogens is 486 g/mol. The number of esters is 1. The molecule has 0 aliphatic carbocycles. The van der Waals surface area contributed by atoms with Gasteiger partial charge in [0.15, 0.2) is 0 Å². The Morgan fingerprint density at radius 1 is 1.00 bits per heavy atom. The second kappa shape index (κ2) is 14.7. The molecule has 3 unspecified atom stereocenters. The second-order valence-corrected chi connectivity index (χ2v) is 10.9. The first kappa shape index (κ1) is 32.9. The summed E-state index contributed by atoms with van der Waals surface area (Å²) >= 11 is 0. The molecular formula is C29H47N3O6. The topological polar surface area (TPSA) is 114 Å². The predicted molar refractivity (Wildman–Crippen MR) is 148 cm³/mol. The van der Waals surface area contributed by atoms with Crippen molar-refractivity contribution >= 4 is 23.9 Å². The summed E-state index contributed by atoms with van der Waals surface area (Å²) in [6, 6.07) is 3.49. The van der Waals surface area contributed by atoms with Crippen molar-refractivity contribution in [3.05, 3.63) is 34.9 Å². The summed E-state index contributed by atoms with van der Waals surface area (Å²) in [5, 5.41) is 5.57. The summed E-state index contributed by atoms with van der Waals surface area (Å²) < 4.78 is 10.4. The Morgan fingerprint density at radius 3 is 2.05 bits per heavy atom. The molecule has 0 aromatic heterocycles. The van der Waals surface area contributed by atoms with Crippen molar-refractivity contribution in [3.8, 4) is 0 Å². The molecule has 9 nitrogen and oxygen atoms in total. The van der Waals surface area contributed by atoms with Crippen molar-refractivity contribution in [3.63, 3.8) is 0 Å². The number of alkyl carbamates (subject to hydrolysis) is 1. The van der Waals surface area contributed by atoms with Crippen molar-refractivity contribution < 1.29 is 28.7 Å². The molecule has 2 N–H and O–H groups in total. The van der Waals surface area contributed by atoms with E-state index in [2.05, 4.69) is 10.6 Å². The molecule has 0 fully saturated rings. The third kappa shape index (κ3) is 9.65. The van der Waals surface area contributed by atoms with Gasteiger partial charge in [-0.1, -0.05) is 39.0 Å². The van der Waals surface area contributed by atoms with Gasteiger partial charge in [0, 0.05) is 12.6 Å². The minimum atomic E-state index is -0.970. The van der Waals surface area contributed by atoms with E-state index < -0.39 is 35.7 Å². The van der Waals surface area contributed by atoms with Gasteiger partial charge in [0.1, 0.15) is 17.7 Å². The summed E-state index contributed by atoms with van der Waals surface area (Å²) in [5.41, 5.74) is 1.70. The summed E-state index contributed by atoms with van der Waals surface area (Å²) in [6.07, 6.45) is -0.0951. The van der Waals surface area contributed by atoms with Crippen LogP contribution < -0.4 is 10.6 Å². The van der Waals surface area contributed by atoms with Crippen LogP contribution in [0.1, 0.15) is 91.0 Å². The molecule has 0 bridgehead atoms. The Balaban J connectivity index is 3.53. The number of hydrogen-bond acceptors (Lipinski definition) is 6. The monoisotopic (exact) mass is 533 g/mol. The van der Waals surface area contributed by atoms with Crippen LogP contribution in [0.3, 0.4) is 0 Å². The molecule has 0 spiro atoms. The highest BCUT2D eigenvalue weighted by Gasteiger charge is 2.40. The number of rotatable bonds is 12. The SMILES string of the molecule is CCOC(=O)CCNC(=O)C(c1c(C)cccc1C)N(C(=O)C(NC(=O)OC(C)(C)C)C(C)C)C(C)CC. The number of aryl methyl sites for hydroxylation is 2. The van der Waals surface area contributed by atoms with Crippen LogP contribution in [0, 0.1) is 19.8 Å². The quantitative estimate of drug-likeness (QED) is 0.380. The lowest BCUT2D eigenvalue weighted by Crippen LogP contribution is -2.57. The van der Waals surface area contributed by atoms with E-state index in [0.717, 1.165) is 16.7 Å². The van der Waals surface area contributed by atoms with Crippen molar-refractivity contribution in [2.45, 2.75) is 106 Å². The summed E-state index contributed by atoms with van der Waals surface area (Å²) in [4.78, 5) is 54.0. The van der Waals surface area contributed by atoms with Crippen LogP contribution in [0.15, 0.2) is 18.2 Å². The number of hydrogen-bond donors (Lipinski definition) is 2. The smallest absolute Gasteiger partial charge is 0.408 e. The average molecular weight is 534 g/mol. The van der Waals surface area contributed by atoms with E-state index in [-0.39, 0.29) is 37.4 Å². The van der Waals surface area contributed by atoms with Crippen LogP contribution in [0.25, 0.3) is 0 Å². The third-order valence-corrected chi connectivity index (χ3v) is 6.20. The minimum absolute atomic E-state index is 0.0190. The Labute approximate surface area is 228 Å². The molecule has 3 amide bonds. The first-order chi connectivity index (χ1) is 17.6. The van der Waals surface area contributed by atoms with E-state index in [1.165, 1.54) is 0 Å². The molecule has 0 aliphatic heterocycles. The first-order valence-corrected chi connectivity index (χ1v) is 13.5. The van der Waals surface area contributed by atoms with Gasteiger partial charge in [-0.3, -0.25) is 14.4 Å².